The van der Waals surface area contributed by atoms with E-state index in [4.69, 9.17) is 27.9 Å². The SMILES string of the molecule is O=Nc1ccc2ncnc(Nc3ccc(OCc4ccccn4)c(Cl)c3)c2c1Cl. The smallest absolute Gasteiger partial charge is 0.143 e. The normalized spacial score (nSPS) is 10.7. The van der Waals surface area contributed by atoms with E-state index in [9.17, 15) is 4.91 Å². The van der Waals surface area contributed by atoms with E-state index in [1.807, 2.05) is 18.2 Å². The second-order valence-electron chi connectivity index (χ2n) is 5.99. The Bertz CT molecular complexity index is 1190. The predicted octanol–water partition coefficient (Wildman–Crippen LogP) is 6.05. The summed E-state index contributed by atoms with van der Waals surface area (Å²) in [6.45, 7) is 0.307. The number of hydrogen-bond acceptors (Lipinski definition) is 7. The first kappa shape index (κ1) is 19.0. The zero-order valence-corrected chi connectivity index (χ0v) is 16.4. The average molecular weight is 426 g/mol. The molecule has 4 rings (SSSR count). The highest BCUT2D eigenvalue weighted by molar-refractivity contribution is 6.38. The first-order chi connectivity index (χ1) is 14.2. The molecule has 0 atom stereocenters. The minimum atomic E-state index is 0.119. The van der Waals surface area contributed by atoms with Crippen LogP contribution in [0.1, 0.15) is 5.69 Å². The van der Waals surface area contributed by atoms with Crippen molar-refractivity contribution < 1.29 is 4.74 Å². The van der Waals surface area contributed by atoms with Crippen molar-refractivity contribution in [1.82, 2.24) is 15.0 Å². The quantitative estimate of drug-likeness (QED) is 0.378. The van der Waals surface area contributed by atoms with Crippen molar-refractivity contribution in [2.45, 2.75) is 6.61 Å². The lowest BCUT2D eigenvalue weighted by Gasteiger charge is -2.12. The standard InChI is InChI=1S/C20H13Cl2N5O2/c21-14-9-12(4-7-17(14)29-10-13-3-1-2-8-23-13)26-20-18-15(24-11-25-20)5-6-16(27-28)19(18)22/h1-9,11H,10H2,(H,24,25,26). The van der Waals surface area contributed by atoms with Crippen LogP contribution in [0.15, 0.2) is 66.2 Å². The topological polar surface area (TPSA) is 89.4 Å². The molecule has 0 spiro atoms. The molecule has 0 aliphatic carbocycles. The summed E-state index contributed by atoms with van der Waals surface area (Å²) in [5.41, 5.74) is 2.17. The van der Waals surface area contributed by atoms with E-state index in [1.165, 1.54) is 12.4 Å². The number of fused-ring (bicyclic) bond motifs is 1. The summed E-state index contributed by atoms with van der Waals surface area (Å²) in [5.74, 6) is 0.963. The molecule has 0 radical (unpaired) electrons. The molecule has 0 aliphatic heterocycles. The van der Waals surface area contributed by atoms with Crippen molar-refractivity contribution in [2.24, 2.45) is 5.18 Å². The zero-order valence-electron chi connectivity index (χ0n) is 14.8. The molecule has 1 N–H and O–H groups in total. The number of rotatable bonds is 6. The number of hydrogen-bond donors (Lipinski definition) is 1. The molecule has 0 saturated heterocycles. The maximum absolute atomic E-state index is 11.0. The first-order valence-electron chi connectivity index (χ1n) is 8.51. The Labute approximate surface area is 175 Å². The van der Waals surface area contributed by atoms with Crippen LogP contribution in [0.25, 0.3) is 10.9 Å². The van der Waals surface area contributed by atoms with Gasteiger partial charge in [0.2, 0.25) is 0 Å². The number of nitrogens with one attached hydrogen (secondary N) is 1. The summed E-state index contributed by atoms with van der Waals surface area (Å²) in [5, 5.41) is 7.18. The summed E-state index contributed by atoms with van der Waals surface area (Å²) < 4.78 is 5.73. The monoisotopic (exact) mass is 425 g/mol. The number of nitrogens with zero attached hydrogens (tertiary/aromatic N) is 4. The van der Waals surface area contributed by atoms with Gasteiger partial charge in [-0.1, -0.05) is 29.3 Å². The lowest BCUT2D eigenvalue weighted by atomic mass is 10.2. The largest absolute Gasteiger partial charge is 0.486 e. The Morgan fingerprint density at radius 3 is 2.69 bits per heavy atom. The van der Waals surface area contributed by atoms with Gasteiger partial charge in [-0.3, -0.25) is 4.98 Å². The van der Waals surface area contributed by atoms with E-state index in [-0.39, 0.29) is 10.7 Å². The number of nitroso groups, excluding NO2 is 1. The highest BCUT2D eigenvalue weighted by Crippen LogP contribution is 2.37. The van der Waals surface area contributed by atoms with E-state index in [0.717, 1.165) is 5.69 Å². The number of benzene rings is 2. The molecule has 29 heavy (non-hydrogen) atoms. The van der Waals surface area contributed by atoms with Crippen LogP contribution in [0.3, 0.4) is 0 Å². The third-order valence-corrected chi connectivity index (χ3v) is 4.79. The summed E-state index contributed by atoms with van der Waals surface area (Å²) in [4.78, 5) is 23.6. The molecule has 2 heterocycles. The number of anilines is 2. The van der Waals surface area contributed by atoms with E-state index in [1.54, 1.807) is 30.5 Å². The van der Waals surface area contributed by atoms with E-state index >= 15 is 0 Å². The number of ether oxygens (including phenoxy) is 1. The molecular formula is C20H13Cl2N5O2. The van der Waals surface area contributed by atoms with Crippen LogP contribution in [0, 0.1) is 4.91 Å². The van der Waals surface area contributed by atoms with Crippen molar-refractivity contribution in [3.63, 3.8) is 0 Å². The zero-order chi connectivity index (χ0) is 20.2. The van der Waals surface area contributed by atoms with Crippen LogP contribution >= 0.6 is 23.2 Å². The highest BCUT2D eigenvalue weighted by atomic mass is 35.5. The lowest BCUT2D eigenvalue weighted by molar-refractivity contribution is 0.301. The van der Waals surface area contributed by atoms with E-state index in [0.29, 0.717) is 39.8 Å². The Morgan fingerprint density at radius 1 is 1.03 bits per heavy atom. The van der Waals surface area contributed by atoms with Gasteiger partial charge in [-0.2, -0.15) is 0 Å². The van der Waals surface area contributed by atoms with Crippen LogP contribution in [-0.2, 0) is 6.61 Å². The molecular weight excluding hydrogens is 413 g/mol. The second kappa shape index (κ2) is 8.38. The lowest BCUT2D eigenvalue weighted by Crippen LogP contribution is -1.99. The van der Waals surface area contributed by atoms with Crippen molar-refractivity contribution in [3.05, 3.63) is 81.7 Å². The van der Waals surface area contributed by atoms with Crippen molar-refractivity contribution >= 4 is 51.3 Å². The maximum atomic E-state index is 11.0. The van der Waals surface area contributed by atoms with Crippen LogP contribution in [-0.4, -0.2) is 15.0 Å². The Balaban J connectivity index is 1.59. The molecule has 0 unspecified atom stereocenters. The molecule has 0 bridgehead atoms. The molecule has 144 valence electrons. The van der Waals surface area contributed by atoms with E-state index < -0.39 is 0 Å². The van der Waals surface area contributed by atoms with Gasteiger partial charge >= 0.3 is 0 Å². The average Bonchev–Trinajstić information content (AvgIpc) is 2.74. The fourth-order valence-corrected chi connectivity index (χ4v) is 3.25. The van der Waals surface area contributed by atoms with Crippen LogP contribution in [0.2, 0.25) is 10.0 Å². The molecule has 2 aromatic heterocycles. The summed E-state index contributed by atoms with van der Waals surface area (Å²) in [7, 11) is 0. The van der Waals surface area contributed by atoms with Crippen LogP contribution in [0.5, 0.6) is 5.75 Å². The second-order valence-corrected chi connectivity index (χ2v) is 6.77. The molecule has 0 amide bonds. The fraction of sp³-hybridized carbons (Fsp3) is 0.0500. The van der Waals surface area contributed by atoms with Gasteiger partial charge in [0.1, 0.15) is 30.2 Å². The van der Waals surface area contributed by atoms with Gasteiger partial charge in [-0.05, 0) is 47.6 Å². The Morgan fingerprint density at radius 2 is 1.93 bits per heavy atom. The van der Waals surface area contributed by atoms with Crippen LogP contribution < -0.4 is 10.1 Å². The van der Waals surface area contributed by atoms with Gasteiger partial charge in [0.05, 0.1) is 26.6 Å². The maximum Gasteiger partial charge on any atom is 0.143 e. The molecule has 0 aliphatic rings. The van der Waals surface area contributed by atoms with Gasteiger partial charge in [0.25, 0.3) is 0 Å². The fourth-order valence-electron chi connectivity index (χ4n) is 2.73. The third-order valence-electron chi connectivity index (χ3n) is 4.11. The van der Waals surface area contributed by atoms with Crippen molar-refractivity contribution in [3.8, 4) is 5.75 Å². The summed E-state index contributed by atoms with van der Waals surface area (Å²) in [6, 6.07) is 14.0. The minimum absolute atomic E-state index is 0.119. The Hall–Kier alpha value is -3.29. The molecule has 9 heteroatoms. The van der Waals surface area contributed by atoms with Gasteiger partial charge in [0, 0.05) is 11.9 Å². The summed E-state index contributed by atoms with van der Waals surface area (Å²) >= 11 is 12.7. The number of aromatic nitrogens is 3. The molecule has 4 aromatic rings. The Kier molecular flexibility index (Phi) is 5.50. The van der Waals surface area contributed by atoms with Gasteiger partial charge in [0.15, 0.2) is 0 Å². The molecule has 7 nitrogen and oxygen atoms in total. The highest BCUT2D eigenvalue weighted by Gasteiger charge is 2.13. The van der Waals surface area contributed by atoms with Gasteiger partial charge < -0.3 is 10.1 Å². The van der Waals surface area contributed by atoms with Gasteiger partial charge in [-0.25, -0.2) is 9.97 Å². The van der Waals surface area contributed by atoms with E-state index in [2.05, 4.69) is 25.4 Å². The molecule has 0 saturated carbocycles. The molecule has 2 aromatic carbocycles. The number of halogens is 2. The molecule has 0 fully saturated rings. The third kappa shape index (κ3) is 4.11. The van der Waals surface area contributed by atoms with Gasteiger partial charge in [-0.15, -0.1) is 4.91 Å². The number of pyridine rings is 1. The van der Waals surface area contributed by atoms with Crippen molar-refractivity contribution in [1.29, 1.82) is 0 Å². The van der Waals surface area contributed by atoms with Crippen LogP contribution in [0.4, 0.5) is 17.2 Å². The predicted molar refractivity (Wildman–Crippen MR) is 113 cm³/mol. The first-order valence-corrected chi connectivity index (χ1v) is 9.27. The summed E-state index contributed by atoms with van der Waals surface area (Å²) in [6.07, 6.45) is 3.11. The van der Waals surface area contributed by atoms with Crippen molar-refractivity contribution in [2.75, 3.05) is 5.32 Å². The minimum Gasteiger partial charge on any atom is -0.486 e.